The van der Waals surface area contributed by atoms with E-state index in [1.54, 1.807) is 6.92 Å². The highest BCUT2D eigenvalue weighted by molar-refractivity contribution is 6.08. The van der Waals surface area contributed by atoms with E-state index in [0.29, 0.717) is 6.54 Å². The van der Waals surface area contributed by atoms with Gasteiger partial charge in [0.1, 0.15) is 0 Å². The molecule has 1 unspecified atom stereocenters. The van der Waals surface area contributed by atoms with Crippen molar-refractivity contribution in [1.29, 1.82) is 0 Å². The van der Waals surface area contributed by atoms with E-state index in [9.17, 15) is 9.59 Å². The number of imide groups is 1. The van der Waals surface area contributed by atoms with Gasteiger partial charge in [0.25, 0.3) is 0 Å². The van der Waals surface area contributed by atoms with Gasteiger partial charge in [0.15, 0.2) is 0 Å². The van der Waals surface area contributed by atoms with Crippen molar-refractivity contribution in [3.8, 4) is 0 Å². The minimum Gasteiger partial charge on any atom is -0.326 e. The van der Waals surface area contributed by atoms with Gasteiger partial charge in [0.05, 0.1) is 5.41 Å². The third kappa shape index (κ3) is 1.61. The highest BCUT2D eigenvalue weighted by Crippen LogP contribution is 2.31. The zero-order valence-electron chi connectivity index (χ0n) is 9.12. The molecule has 2 rings (SSSR count). The van der Waals surface area contributed by atoms with Gasteiger partial charge < -0.3 is 5.73 Å². The minimum atomic E-state index is -0.732. The maximum absolute atomic E-state index is 11.7. The molecule has 1 aromatic carbocycles. The van der Waals surface area contributed by atoms with Crippen LogP contribution in [0.1, 0.15) is 24.5 Å². The van der Waals surface area contributed by atoms with Crippen LogP contribution in [0.4, 0.5) is 0 Å². The number of nitrogens with one attached hydrogen (secondary N) is 1. The third-order valence-electron chi connectivity index (χ3n) is 3.09. The molecule has 0 bridgehead atoms. The van der Waals surface area contributed by atoms with Crippen molar-refractivity contribution >= 4 is 11.8 Å². The van der Waals surface area contributed by atoms with Crippen LogP contribution in [-0.2, 0) is 21.5 Å². The molecule has 1 aliphatic heterocycles. The standard InChI is InChI=1S/C12H14N2O2/c1-12(6-10(15)14-11(12)16)9-4-2-8(7-13)3-5-9/h2-5H,6-7,13H2,1H3,(H,14,15,16). The van der Waals surface area contributed by atoms with E-state index < -0.39 is 5.41 Å². The molecule has 0 saturated carbocycles. The molecule has 3 N–H and O–H groups in total. The lowest BCUT2D eigenvalue weighted by Gasteiger charge is -2.20. The van der Waals surface area contributed by atoms with E-state index in [1.165, 1.54) is 0 Å². The molecule has 0 radical (unpaired) electrons. The first-order valence-electron chi connectivity index (χ1n) is 5.20. The summed E-state index contributed by atoms with van der Waals surface area (Å²) < 4.78 is 0. The lowest BCUT2D eigenvalue weighted by molar-refractivity contribution is -0.126. The van der Waals surface area contributed by atoms with Crippen molar-refractivity contribution in [2.45, 2.75) is 25.3 Å². The van der Waals surface area contributed by atoms with E-state index in [2.05, 4.69) is 5.32 Å². The topological polar surface area (TPSA) is 72.2 Å². The normalized spacial score (nSPS) is 24.6. The molecule has 1 aliphatic rings. The van der Waals surface area contributed by atoms with Crippen LogP contribution in [0, 0.1) is 0 Å². The summed E-state index contributed by atoms with van der Waals surface area (Å²) in [5.41, 5.74) is 6.64. The summed E-state index contributed by atoms with van der Waals surface area (Å²) in [6.45, 7) is 2.26. The van der Waals surface area contributed by atoms with E-state index in [0.717, 1.165) is 11.1 Å². The summed E-state index contributed by atoms with van der Waals surface area (Å²) >= 11 is 0. The van der Waals surface area contributed by atoms with Gasteiger partial charge in [-0.15, -0.1) is 0 Å². The van der Waals surface area contributed by atoms with Crippen molar-refractivity contribution in [1.82, 2.24) is 5.32 Å². The number of carbonyl (C=O) groups is 2. The van der Waals surface area contributed by atoms with Crippen LogP contribution in [0.2, 0.25) is 0 Å². The Morgan fingerprint density at radius 2 is 1.94 bits per heavy atom. The molecule has 1 fully saturated rings. The Bertz CT molecular complexity index is 439. The van der Waals surface area contributed by atoms with Crippen molar-refractivity contribution < 1.29 is 9.59 Å². The second-order valence-corrected chi connectivity index (χ2v) is 4.29. The Morgan fingerprint density at radius 3 is 2.38 bits per heavy atom. The summed E-state index contributed by atoms with van der Waals surface area (Å²) in [4.78, 5) is 22.9. The third-order valence-corrected chi connectivity index (χ3v) is 3.09. The molecule has 84 valence electrons. The second kappa shape index (κ2) is 3.72. The van der Waals surface area contributed by atoms with Gasteiger partial charge in [-0.3, -0.25) is 14.9 Å². The summed E-state index contributed by atoms with van der Waals surface area (Å²) in [5.74, 6) is -0.437. The number of rotatable bonds is 2. The molecule has 1 atom stereocenters. The fraction of sp³-hybridized carbons (Fsp3) is 0.333. The number of carbonyl (C=O) groups excluding carboxylic acids is 2. The largest absolute Gasteiger partial charge is 0.326 e. The van der Waals surface area contributed by atoms with Gasteiger partial charge in [-0.25, -0.2) is 0 Å². The highest BCUT2D eigenvalue weighted by Gasteiger charge is 2.43. The molecular formula is C12H14N2O2. The van der Waals surface area contributed by atoms with Crippen molar-refractivity contribution in [2.75, 3.05) is 0 Å². The quantitative estimate of drug-likeness (QED) is 0.708. The van der Waals surface area contributed by atoms with Gasteiger partial charge in [0, 0.05) is 13.0 Å². The lowest BCUT2D eigenvalue weighted by Crippen LogP contribution is -2.32. The van der Waals surface area contributed by atoms with Crippen molar-refractivity contribution in [2.24, 2.45) is 5.73 Å². The Morgan fingerprint density at radius 1 is 1.31 bits per heavy atom. The number of benzene rings is 1. The summed E-state index contributed by atoms with van der Waals surface area (Å²) in [7, 11) is 0. The van der Waals surface area contributed by atoms with Crippen LogP contribution < -0.4 is 11.1 Å². The zero-order valence-corrected chi connectivity index (χ0v) is 9.12. The lowest BCUT2D eigenvalue weighted by atomic mass is 9.81. The predicted octanol–water partition coefficient (Wildman–Crippen LogP) is 0.450. The molecule has 16 heavy (non-hydrogen) atoms. The first-order valence-corrected chi connectivity index (χ1v) is 5.20. The summed E-state index contributed by atoms with van der Waals surface area (Å²) in [5, 5.41) is 2.33. The Labute approximate surface area is 93.8 Å². The fourth-order valence-electron chi connectivity index (χ4n) is 1.95. The average Bonchev–Trinajstić information content (AvgIpc) is 2.54. The minimum absolute atomic E-state index is 0.213. The molecule has 2 amide bonds. The summed E-state index contributed by atoms with van der Waals surface area (Å²) in [6.07, 6.45) is 0.216. The van der Waals surface area contributed by atoms with Crippen molar-refractivity contribution in [3.63, 3.8) is 0 Å². The first kappa shape index (κ1) is 10.8. The van der Waals surface area contributed by atoms with Crippen LogP contribution >= 0.6 is 0 Å². The molecule has 1 aromatic rings. The molecule has 1 heterocycles. The summed E-state index contributed by atoms with van der Waals surface area (Å²) in [6, 6.07) is 7.49. The first-order chi connectivity index (χ1) is 7.56. The van der Waals surface area contributed by atoms with E-state index in [4.69, 9.17) is 5.73 Å². The van der Waals surface area contributed by atoms with E-state index in [-0.39, 0.29) is 18.2 Å². The average molecular weight is 218 g/mol. The molecule has 4 nitrogen and oxygen atoms in total. The van der Waals surface area contributed by atoms with Crippen LogP contribution in [-0.4, -0.2) is 11.8 Å². The van der Waals surface area contributed by atoms with Crippen LogP contribution in [0.3, 0.4) is 0 Å². The molecule has 1 saturated heterocycles. The van der Waals surface area contributed by atoms with Crippen molar-refractivity contribution in [3.05, 3.63) is 35.4 Å². The number of nitrogens with two attached hydrogens (primary N) is 1. The van der Waals surface area contributed by atoms with Crippen LogP contribution in [0.5, 0.6) is 0 Å². The molecule has 4 heteroatoms. The van der Waals surface area contributed by atoms with E-state index >= 15 is 0 Å². The molecular weight excluding hydrogens is 204 g/mol. The molecule has 0 aliphatic carbocycles. The molecule has 0 spiro atoms. The maximum atomic E-state index is 11.7. The Balaban J connectivity index is 2.36. The van der Waals surface area contributed by atoms with Crippen LogP contribution in [0.25, 0.3) is 0 Å². The second-order valence-electron chi connectivity index (χ2n) is 4.29. The SMILES string of the molecule is CC1(c2ccc(CN)cc2)CC(=O)NC1=O. The van der Waals surface area contributed by atoms with Crippen LogP contribution in [0.15, 0.2) is 24.3 Å². The predicted molar refractivity (Wildman–Crippen MR) is 59.5 cm³/mol. The fourth-order valence-corrected chi connectivity index (χ4v) is 1.95. The highest BCUT2D eigenvalue weighted by atomic mass is 16.2. The zero-order chi connectivity index (χ0) is 11.8. The smallest absolute Gasteiger partial charge is 0.237 e. The monoisotopic (exact) mass is 218 g/mol. The van der Waals surface area contributed by atoms with Gasteiger partial charge in [-0.1, -0.05) is 24.3 Å². The number of hydrogen-bond acceptors (Lipinski definition) is 3. The van der Waals surface area contributed by atoms with Gasteiger partial charge in [-0.05, 0) is 18.1 Å². The number of amides is 2. The maximum Gasteiger partial charge on any atom is 0.237 e. The van der Waals surface area contributed by atoms with Gasteiger partial charge in [-0.2, -0.15) is 0 Å². The van der Waals surface area contributed by atoms with Gasteiger partial charge >= 0.3 is 0 Å². The van der Waals surface area contributed by atoms with E-state index in [1.807, 2.05) is 24.3 Å². The Hall–Kier alpha value is -1.68. The number of hydrogen-bond donors (Lipinski definition) is 2. The molecule has 0 aromatic heterocycles. The Kier molecular flexibility index (Phi) is 2.52. The van der Waals surface area contributed by atoms with Gasteiger partial charge in [0.2, 0.25) is 11.8 Å².